The molecule has 4 atom stereocenters. The van der Waals surface area contributed by atoms with Crippen molar-refractivity contribution in [1.29, 1.82) is 0 Å². The molecule has 10 heteroatoms. The molecule has 1 aliphatic heterocycles. The zero-order valence-electron chi connectivity index (χ0n) is 12.5. The van der Waals surface area contributed by atoms with Crippen molar-refractivity contribution in [2.45, 2.75) is 38.4 Å². The molecule has 0 amide bonds. The van der Waals surface area contributed by atoms with Crippen molar-refractivity contribution in [3.8, 4) is 0 Å². The Bertz CT molecular complexity index is 812. The van der Waals surface area contributed by atoms with E-state index in [2.05, 4.69) is 42.5 Å². The minimum Gasteiger partial charge on any atom is -0.387 e. The number of imidazole rings is 1. The summed E-state index contributed by atoms with van der Waals surface area (Å²) in [6.07, 6.45) is -2.12. The lowest BCUT2D eigenvalue weighted by molar-refractivity contribution is -0.0283. The van der Waals surface area contributed by atoms with Crippen LogP contribution in [0.15, 0.2) is 16.1 Å². The lowest BCUT2D eigenvalue weighted by Crippen LogP contribution is -2.32. The monoisotopic (exact) mass is 433 g/mol. The molecule has 3 heterocycles. The molecular formula is C13H16IN5O4. The van der Waals surface area contributed by atoms with E-state index >= 15 is 0 Å². The maximum Gasteiger partial charge on any atom is 0.280 e. The lowest BCUT2D eigenvalue weighted by atomic mass is 10.1. The minimum absolute atomic E-state index is 0.126. The Hall–Kier alpha value is -1.37. The van der Waals surface area contributed by atoms with Crippen LogP contribution in [0, 0.1) is 0 Å². The van der Waals surface area contributed by atoms with Crippen LogP contribution in [0.1, 0.15) is 20.1 Å². The number of ether oxygens (including phenoxy) is 1. The Morgan fingerprint density at radius 3 is 2.83 bits per heavy atom. The molecule has 1 aliphatic rings. The fourth-order valence-electron chi connectivity index (χ4n) is 2.45. The number of aromatic amines is 1. The number of nitrogens with zero attached hydrogens (tertiary/aromatic N) is 4. The molecular weight excluding hydrogens is 417 g/mol. The maximum absolute atomic E-state index is 12.1. The van der Waals surface area contributed by atoms with Gasteiger partial charge in [-0.1, -0.05) is 22.6 Å². The normalized spacial score (nSPS) is 27.5. The average Bonchev–Trinajstić information content (AvgIpc) is 3.01. The molecule has 23 heavy (non-hydrogen) atoms. The predicted molar refractivity (Wildman–Crippen MR) is 91.4 cm³/mol. The van der Waals surface area contributed by atoms with Crippen molar-refractivity contribution in [2.75, 3.05) is 4.43 Å². The summed E-state index contributed by atoms with van der Waals surface area (Å²) in [7, 11) is 0. The SMILES string of the molecule is CC(C)=Nc1nc2c(ncn2[C@@H]2O[C@H](CI)[C@@H](O)[C@H]2O)c(=O)[nH]1. The Labute approximate surface area is 144 Å². The number of alkyl halides is 1. The van der Waals surface area contributed by atoms with Crippen molar-refractivity contribution in [3.05, 3.63) is 16.7 Å². The smallest absolute Gasteiger partial charge is 0.280 e. The molecule has 1 saturated heterocycles. The number of rotatable bonds is 3. The fourth-order valence-corrected chi connectivity index (χ4v) is 3.18. The zero-order chi connectivity index (χ0) is 16.7. The number of aliphatic imine (C=N–C) groups is 1. The number of aliphatic hydroxyl groups is 2. The zero-order valence-corrected chi connectivity index (χ0v) is 14.6. The molecule has 0 aliphatic carbocycles. The third-order valence-corrected chi connectivity index (χ3v) is 4.38. The Morgan fingerprint density at radius 2 is 2.22 bits per heavy atom. The van der Waals surface area contributed by atoms with E-state index in [-0.39, 0.29) is 17.1 Å². The van der Waals surface area contributed by atoms with Gasteiger partial charge in [-0.3, -0.25) is 14.3 Å². The molecule has 0 unspecified atom stereocenters. The summed E-state index contributed by atoms with van der Waals surface area (Å²) in [6, 6.07) is 0. The van der Waals surface area contributed by atoms with Crippen LogP contribution in [-0.4, -0.2) is 58.2 Å². The number of fused-ring (bicyclic) bond motifs is 1. The van der Waals surface area contributed by atoms with Crippen LogP contribution in [0.3, 0.4) is 0 Å². The van der Waals surface area contributed by atoms with Crippen LogP contribution < -0.4 is 5.56 Å². The van der Waals surface area contributed by atoms with Gasteiger partial charge in [0.05, 0.1) is 12.4 Å². The van der Waals surface area contributed by atoms with Crippen LogP contribution in [0.4, 0.5) is 5.95 Å². The van der Waals surface area contributed by atoms with E-state index in [1.807, 2.05) is 0 Å². The van der Waals surface area contributed by atoms with E-state index in [1.54, 1.807) is 13.8 Å². The summed E-state index contributed by atoms with van der Waals surface area (Å²) in [5.41, 5.74) is 0.684. The van der Waals surface area contributed by atoms with Gasteiger partial charge < -0.3 is 14.9 Å². The van der Waals surface area contributed by atoms with Crippen LogP contribution in [-0.2, 0) is 4.74 Å². The van der Waals surface area contributed by atoms with Crippen LogP contribution in [0.25, 0.3) is 11.2 Å². The average molecular weight is 433 g/mol. The second-order valence-electron chi connectivity index (χ2n) is 5.47. The quantitative estimate of drug-likeness (QED) is 0.363. The van der Waals surface area contributed by atoms with Gasteiger partial charge in [0.2, 0.25) is 5.95 Å². The fraction of sp³-hybridized carbons (Fsp3) is 0.538. The molecule has 1 fully saturated rings. The molecule has 2 aromatic heterocycles. The van der Waals surface area contributed by atoms with E-state index in [0.29, 0.717) is 4.43 Å². The van der Waals surface area contributed by atoms with Gasteiger partial charge in [-0.25, -0.2) is 9.98 Å². The first-order chi connectivity index (χ1) is 10.9. The second kappa shape index (κ2) is 6.26. The van der Waals surface area contributed by atoms with Gasteiger partial charge in [0.15, 0.2) is 17.4 Å². The molecule has 0 bridgehead atoms. The highest BCUT2D eigenvalue weighted by Gasteiger charge is 2.43. The van der Waals surface area contributed by atoms with Crippen LogP contribution in [0.5, 0.6) is 0 Å². The standard InChI is InChI=1S/C13H16IN5O4/c1-5(2)16-13-17-10-7(11(22)18-13)15-4-19(10)12-9(21)8(20)6(3-14)23-12/h4,6,8-9,12,20-21H,3H2,1-2H3,(H,17,18,22)/t6-,8-,9-,12-/m1/s1. The van der Waals surface area contributed by atoms with Crippen LogP contribution in [0.2, 0.25) is 0 Å². The Morgan fingerprint density at radius 1 is 1.48 bits per heavy atom. The molecule has 0 radical (unpaired) electrons. The summed E-state index contributed by atoms with van der Waals surface area (Å²) < 4.78 is 7.65. The molecule has 0 saturated carbocycles. The predicted octanol–water partition coefficient (Wildman–Crippen LogP) is 0.286. The van der Waals surface area contributed by atoms with Crippen molar-refractivity contribution in [2.24, 2.45) is 4.99 Å². The van der Waals surface area contributed by atoms with E-state index in [4.69, 9.17) is 4.74 Å². The highest BCUT2D eigenvalue weighted by molar-refractivity contribution is 14.1. The lowest BCUT2D eigenvalue weighted by Gasteiger charge is -2.16. The number of aliphatic hydroxyl groups excluding tert-OH is 2. The molecule has 2 aromatic rings. The molecule has 3 N–H and O–H groups in total. The van der Waals surface area contributed by atoms with Gasteiger partial charge in [-0.2, -0.15) is 4.98 Å². The van der Waals surface area contributed by atoms with E-state index in [9.17, 15) is 15.0 Å². The first-order valence-electron chi connectivity index (χ1n) is 6.98. The van der Waals surface area contributed by atoms with E-state index in [0.717, 1.165) is 5.71 Å². The Balaban J connectivity index is 2.10. The highest BCUT2D eigenvalue weighted by Crippen LogP contribution is 2.31. The topological polar surface area (TPSA) is 126 Å². The summed E-state index contributed by atoms with van der Waals surface area (Å²) in [5.74, 6) is 0.155. The van der Waals surface area contributed by atoms with Gasteiger partial charge in [0, 0.05) is 10.1 Å². The van der Waals surface area contributed by atoms with Crippen molar-refractivity contribution < 1.29 is 14.9 Å². The minimum atomic E-state index is -1.13. The highest BCUT2D eigenvalue weighted by atomic mass is 127. The van der Waals surface area contributed by atoms with Crippen molar-refractivity contribution >= 4 is 45.4 Å². The summed E-state index contributed by atoms with van der Waals surface area (Å²) in [6.45, 7) is 3.57. The molecule has 0 aromatic carbocycles. The third kappa shape index (κ3) is 2.91. The number of hydrogen-bond donors (Lipinski definition) is 3. The molecule has 3 rings (SSSR count). The Kier molecular flexibility index (Phi) is 4.49. The number of aromatic nitrogens is 4. The summed E-state index contributed by atoms with van der Waals surface area (Å²) in [4.78, 5) is 27.1. The molecule has 9 nitrogen and oxygen atoms in total. The molecule has 0 spiro atoms. The van der Waals surface area contributed by atoms with Crippen molar-refractivity contribution in [1.82, 2.24) is 19.5 Å². The van der Waals surface area contributed by atoms with Gasteiger partial charge in [0.1, 0.15) is 12.2 Å². The largest absolute Gasteiger partial charge is 0.387 e. The summed E-state index contributed by atoms with van der Waals surface area (Å²) in [5, 5.41) is 20.2. The number of H-pyrrole nitrogens is 1. The van der Waals surface area contributed by atoms with Crippen molar-refractivity contribution in [3.63, 3.8) is 0 Å². The van der Waals surface area contributed by atoms with E-state index < -0.39 is 30.1 Å². The number of nitrogens with one attached hydrogen (secondary N) is 1. The number of hydrogen-bond acceptors (Lipinski definition) is 7. The van der Waals surface area contributed by atoms with Gasteiger partial charge in [0.25, 0.3) is 5.56 Å². The van der Waals surface area contributed by atoms with Crippen LogP contribution >= 0.6 is 22.6 Å². The van der Waals surface area contributed by atoms with Gasteiger partial charge in [-0.15, -0.1) is 0 Å². The number of halogens is 1. The maximum atomic E-state index is 12.1. The first-order valence-corrected chi connectivity index (χ1v) is 8.51. The second-order valence-corrected chi connectivity index (χ2v) is 6.35. The van der Waals surface area contributed by atoms with Gasteiger partial charge in [-0.05, 0) is 13.8 Å². The summed E-state index contributed by atoms with van der Waals surface area (Å²) >= 11 is 2.08. The first kappa shape index (κ1) is 16.5. The third-order valence-electron chi connectivity index (χ3n) is 3.51. The molecule has 124 valence electrons. The van der Waals surface area contributed by atoms with Gasteiger partial charge >= 0.3 is 0 Å². The van der Waals surface area contributed by atoms with E-state index in [1.165, 1.54) is 10.9 Å².